The molecule has 0 aliphatic rings. The summed E-state index contributed by atoms with van der Waals surface area (Å²) >= 11 is 0. The third kappa shape index (κ3) is 7.01. The van der Waals surface area contributed by atoms with Crippen molar-refractivity contribution in [1.29, 1.82) is 0 Å². The van der Waals surface area contributed by atoms with Gasteiger partial charge in [0.15, 0.2) is 0 Å². The summed E-state index contributed by atoms with van der Waals surface area (Å²) in [4.78, 5) is 0. The second-order valence-corrected chi connectivity index (χ2v) is 4.51. The van der Waals surface area contributed by atoms with Crippen molar-refractivity contribution in [3.8, 4) is 5.75 Å². The van der Waals surface area contributed by atoms with Gasteiger partial charge in [-0.1, -0.05) is 38.0 Å². The van der Waals surface area contributed by atoms with Gasteiger partial charge in [-0.05, 0) is 38.4 Å². The number of benzene rings is 1. The van der Waals surface area contributed by atoms with E-state index in [0.29, 0.717) is 6.04 Å². The van der Waals surface area contributed by atoms with Gasteiger partial charge in [0.05, 0.1) is 6.61 Å². The van der Waals surface area contributed by atoms with E-state index in [0.717, 1.165) is 25.3 Å². The Balaban J connectivity index is 1.97. The van der Waals surface area contributed by atoms with Gasteiger partial charge in [0.25, 0.3) is 0 Å². The minimum atomic E-state index is 0.631. The van der Waals surface area contributed by atoms with Crippen molar-refractivity contribution in [1.82, 2.24) is 5.32 Å². The lowest BCUT2D eigenvalue weighted by Crippen LogP contribution is -2.27. The van der Waals surface area contributed by atoms with Crippen LogP contribution in [-0.4, -0.2) is 19.2 Å². The molecule has 1 rings (SSSR count). The van der Waals surface area contributed by atoms with Crippen LogP contribution in [0.4, 0.5) is 0 Å². The van der Waals surface area contributed by atoms with Crippen molar-refractivity contribution in [2.75, 3.05) is 13.2 Å². The second kappa shape index (κ2) is 9.06. The maximum atomic E-state index is 5.63. The predicted molar refractivity (Wildman–Crippen MR) is 73.5 cm³/mol. The van der Waals surface area contributed by atoms with Crippen LogP contribution in [0.3, 0.4) is 0 Å². The van der Waals surface area contributed by atoms with Crippen LogP contribution in [0, 0.1) is 0 Å². The molecular weight excluding hydrogens is 210 g/mol. The van der Waals surface area contributed by atoms with Gasteiger partial charge in [0.2, 0.25) is 0 Å². The molecule has 0 fully saturated rings. The first-order valence-corrected chi connectivity index (χ1v) is 6.74. The van der Waals surface area contributed by atoms with Crippen LogP contribution < -0.4 is 10.1 Å². The lowest BCUT2D eigenvalue weighted by atomic mass is 10.1. The highest BCUT2D eigenvalue weighted by Crippen LogP contribution is 2.08. The van der Waals surface area contributed by atoms with Gasteiger partial charge < -0.3 is 10.1 Å². The molecule has 0 spiro atoms. The Bertz CT molecular complexity index is 274. The zero-order valence-electron chi connectivity index (χ0n) is 11.1. The number of unbranched alkanes of at least 4 members (excludes halogenated alkanes) is 1. The number of ether oxygens (including phenoxy) is 1. The summed E-state index contributed by atoms with van der Waals surface area (Å²) in [5, 5.41) is 3.52. The SMILES string of the molecule is CCCCC(C)NCCCOc1ccccc1. The third-order valence-electron chi connectivity index (χ3n) is 2.82. The summed E-state index contributed by atoms with van der Waals surface area (Å²) in [7, 11) is 0. The molecule has 1 aromatic rings. The quantitative estimate of drug-likeness (QED) is 0.660. The highest BCUT2D eigenvalue weighted by molar-refractivity contribution is 5.20. The molecule has 1 atom stereocenters. The molecule has 17 heavy (non-hydrogen) atoms. The van der Waals surface area contributed by atoms with Crippen molar-refractivity contribution in [2.24, 2.45) is 0 Å². The first-order chi connectivity index (χ1) is 8.33. The Morgan fingerprint density at radius 3 is 2.65 bits per heavy atom. The monoisotopic (exact) mass is 235 g/mol. The first-order valence-electron chi connectivity index (χ1n) is 6.74. The average molecular weight is 235 g/mol. The Morgan fingerprint density at radius 2 is 1.94 bits per heavy atom. The van der Waals surface area contributed by atoms with E-state index < -0.39 is 0 Å². The van der Waals surface area contributed by atoms with Crippen LogP contribution >= 0.6 is 0 Å². The normalized spacial score (nSPS) is 12.4. The summed E-state index contributed by atoms with van der Waals surface area (Å²) in [5.74, 6) is 0.964. The van der Waals surface area contributed by atoms with Crippen molar-refractivity contribution < 1.29 is 4.74 Å². The summed E-state index contributed by atoms with van der Waals surface area (Å²) < 4.78 is 5.63. The van der Waals surface area contributed by atoms with Gasteiger partial charge in [-0.25, -0.2) is 0 Å². The van der Waals surface area contributed by atoms with E-state index in [9.17, 15) is 0 Å². The molecule has 96 valence electrons. The Hall–Kier alpha value is -1.02. The van der Waals surface area contributed by atoms with Crippen LogP contribution in [0.2, 0.25) is 0 Å². The fourth-order valence-electron chi connectivity index (χ4n) is 1.74. The summed E-state index contributed by atoms with van der Waals surface area (Å²) in [6, 6.07) is 10.6. The van der Waals surface area contributed by atoms with E-state index in [4.69, 9.17) is 4.74 Å². The average Bonchev–Trinajstić information content (AvgIpc) is 2.37. The molecule has 1 N–H and O–H groups in total. The first kappa shape index (κ1) is 14.0. The predicted octanol–water partition coefficient (Wildman–Crippen LogP) is 3.62. The Kier molecular flexibility index (Phi) is 7.48. The molecule has 1 aromatic carbocycles. The van der Waals surface area contributed by atoms with E-state index in [2.05, 4.69) is 19.2 Å². The standard InChI is InChI=1S/C15H25NO/c1-3-4-9-14(2)16-12-8-13-17-15-10-6-5-7-11-15/h5-7,10-11,14,16H,3-4,8-9,12-13H2,1-2H3. The number of para-hydroxylation sites is 1. The fourth-order valence-corrected chi connectivity index (χ4v) is 1.74. The molecule has 0 aliphatic heterocycles. The molecule has 0 aliphatic carbocycles. The van der Waals surface area contributed by atoms with Gasteiger partial charge in [-0.3, -0.25) is 0 Å². The van der Waals surface area contributed by atoms with Crippen molar-refractivity contribution in [3.63, 3.8) is 0 Å². The molecule has 0 saturated heterocycles. The van der Waals surface area contributed by atoms with Gasteiger partial charge in [0.1, 0.15) is 5.75 Å². The maximum absolute atomic E-state index is 5.63. The van der Waals surface area contributed by atoms with Crippen molar-refractivity contribution >= 4 is 0 Å². The Labute approximate surface area is 105 Å². The maximum Gasteiger partial charge on any atom is 0.119 e. The molecule has 0 amide bonds. The lowest BCUT2D eigenvalue weighted by Gasteiger charge is -2.13. The van der Waals surface area contributed by atoms with Gasteiger partial charge in [-0.15, -0.1) is 0 Å². The zero-order chi connectivity index (χ0) is 12.3. The molecule has 2 heteroatoms. The van der Waals surface area contributed by atoms with Crippen LogP contribution in [-0.2, 0) is 0 Å². The lowest BCUT2D eigenvalue weighted by molar-refractivity contribution is 0.304. The van der Waals surface area contributed by atoms with Crippen LogP contribution in [0.5, 0.6) is 5.75 Å². The minimum absolute atomic E-state index is 0.631. The molecule has 0 bridgehead atoms. The van der Waals surface area contributed by atoms with Crippen molar-refractivity contribution in [2.45, 2.75) is 45.6 Å². The minimum Gasteiger partial charge on any atom is -0.494 e. The van der Waals surface area contributed by atoms with Gasteiger partial charge in [0, 0.05) is 6.04 Å². The van der Waals surface area contributed by atoms with E-state index in [-0.39, 0.29) is 0 Å². The molecule has 0 radical (unpaired) electrons. The van der Waals surface area contributed by atoms with Crippen LogP contribution in [0.25, 0.3) is 0 Å². The van der Waals surface area contributed by atoms with Crippen LogP contribution in [0.1, 0.15) is 39.5 Å². The van der Waals surface area contributed by atoms with Crippen LogP contribution in [0.15, 0.2) is 30.3 Å². The zero-order valence-corrected chi connectivity index (χ0v) is 11.1. The van der Waals surface area contributed by atoms with Crippen molar-refractivity contribution in [3.05, 3.63) is 30.3 Å². The number of nitrogens with one attached hydrogen (secondary N) is 1. The highest BCUT2D eigenvalue weighted by atomic mass is 16.5. The number of hydrogen-bond acceptors (Lipinski definition) is 2. The molecule has 2 nitrogen and oxygen atoms in total. The number of hydrogen-bond donors (Lipinski definition) is 1. The van der Waals surface area contributed by atoms with E-state index >= 15 is 0 Å². The summed E-state index contributed by atoms with van der Waals surface area (Å²) in [6.45, 7) is 6.32. The molecule has 0 heterocycles. The Morgan fingerprint density at radius 1 is 1.18 bits per heavy atom. The topological polar surface area (TPSA) is 21.3 Å². The molecule has 1 unspecified atom stereocenters. The molecule has 0 saturated carbocycles. The van der Waals surface area contributed by atoms with Gasteiger partial charge >= 0.3 is 0 Å². The number of rotatable bonds is 9. The third-order valence-corrected chi connectivity index (χ3v) is 2.82. The molecular formula is C15H25NO. The fraction of sp³-hybridized carbons (Fsp3) is 0.600. The second-order valence-electron chi connectivity index (χ2n) is 4.51. The van der Waals surface area contributed by atoms with E-state index in [1.165, 1.54) is 19.3 Å². The largest absolute Gasteiger partial charge is 0.494 e. The summed E-state index contributed by atoms with van der Waals surface area (Å²) in [6.07, 6.45) is 4.93. The van der Waals surface area contributed by atoms with Gasteiger partial charge in [-0.2, -0.15) is 0 Å². The van der Waals surface area contributed by atoms with E-state index in [1.54, 1.807) is 0 Å². The molecule has 0 aromatic heterocycles. The highest BCUT2D eigenvalue weighted by Gasteiger charge is 1.99. The van der Waals surface area contributed by atoms with E-state index in [1.807, 2.05) is 30.3 Å². The summed E-state index contributed by atoms with van der Waals surface area (Å²) in [5.41, 5.74) is 0. The smallest absolute Gasteiger partial charge is 0.119 e.